The van der Waals surface area contributed by atoms with Gasteiger partial charge in [0, 0.05) is 0 Å². The van der Waals surface area contributed by atoms with Crippen LogP contribution in [0.2, 0.25) is 0 Å². The minimum atomic E-state index is -1.54. The SMILES string of the molecule is CCC1O[C@H](O[C@H]2SC(CO)[C@@H](O)[C@H](O)C2O)[C@H](O)C(O)[C@@H]1O. The van der Waals surface area contributed by atoms with Crippen LogP contribution in [0.1, 0.15) is 13.3 Å². The zero-order valence-electron chi connectivity index (χ0n) is 12.5. The van der Waals surface area contributed by atoms with Gasteiger partial charge in [0.15, 0.2) is 6.29 Å². The van der Waals surface area contributed by atoms with E-state index in [1.807, 2.05) is 0 Å². The molecule has 0 saturated carbocycles. The van der Waals surface area contributed by atoms with Crippen LogP contribution in [-0.2, 0) is 9.47 Å². The zero-order valence-corrected chi connectivity index (χ0v) is 13.4. The van der Waals surface area contributed by atoms with E-state index in [1.54, 1.807) is 6.92 Å². The lowest BCUT2D eigenvalue weighted by Crippen LogP contribution is -2.61. The van der Waals surface area contributed by atoms with E-state index in [1.165, 1.54) is 0 Å². The molecule has 2 aliphatic heterocycles. The van der Waals surface area contributed by atoms with Crippen LogP contribution in [0, 0.1) is 0 Å². The highest BCUT2D eigenvalue weighted by atomic mass is 32.2. The lowest BCUT2D eigenvalue weighted by atomic mass is 9.97. The molecule has 7 N–H and O–H groups in total. The summed E-state index contributed by atoms with van der Waals surface area (Å²) in [6, 6.07) is 0. The second kappa shape index (κ2) is 7.91. The Morgan fingerprint density at radius 3 is 2.04 bits per heavy atom. The second-order valence-electron chi connectivity index (χ2n) is 5.76. The molecule has 4 unspecified atom stereocenters. The van der Waals surface area contributed by atoms with Gasteiger partial charge in [-0.25, -0.2) is 0 Å². The standard InChI is InChI=1S/C13H24O9S/c1-2-4-6(15)8(17)10(19)12(21-4)22-13-11(20)9(18)7(16)5(3-14)23-13/h4-20H,2-3H2,1H3/t4?,5?,6-,7-,8?,9+,10-,11?,12-,13+/m1/s1. The van der Waals surface area contributed by atoms with E-state index in [9.17, 15) is 35.7 Å². The van der Waals surface area contributed by atoms with E-state index in [0.29, 0.717) is 6.42 Å². The number of hydrogen-bond acceptors (Lipinski definition) is 10. The van der Waals surface area contributed by atoms with Crippen LogP contribution >= 0.6 is 11.8 Å². The molecular formula is C13H24O9S. The summed E-state index contributed by atoms with van der Waals surface area (Å²) in [7, 11) is 0. The predicted octanol–water partition coefficient (Wildman–Crippen LogP) is -3.26. The Morgan fingerprint density at radius 2 is 1.48 bits per heavy atom. The molecule has 23 heavy (non-hydrogen) atoms. The highest BCUT2D eigenvalue weighted by molar-refractivity contribution is 8.00. The van der Waals surface area contributed by atoms with Gasteiger partial charge in [0.05, 0.1) is 24.1 Å². The fourth-order valence-electron chi connectivity index (χ4n) is 2.68. The molecule has 10 heteroatoms. The van der Waals surface area contributed by atoms with E-state index in [4.69, 9.17) is 9.47 Å². The van der Waals surface area contributed by atoms with Crippen molar-refractivity contribution < 1.29 is 45.2 Å². The molecule has 0 amide bonds. The van der Waals surface area contributed by atoms with Crippen molar-refractivity contribution >= 4 is 11.8 Å². The van der Waals surface area contributed by atoms with Crippen LogP contribution in [0.25, 0.3) is 0 Å². The first kappa shape index (κ1) is 19.3. The first-order valence-corrected chi connectivity index (χ1v) is 8.41. The van der Waals surface area contributed by atoms with Gasteiger partial charge in [-0.2, -0.15) is 0 Å². The maximum atomic E-state index is 9.99. The van der Waals surface area contributed by atoms with Gasteiger partial charge in [0.25, 0.3) is 0 Å². The van der Waals surface area contributed by atoms with Gasteiger partial charge in [-0.3, -0.25) is 0 Å². The Labute approximate surface area is 137 Å². The minimum Gasteiger partial charge on any atom is -0.395 e. The van der Waals surface area contributed by atoms with Crippen LogP contribution in [0.3, 0.4) is 0 Å². The molecule has 2 rings (SSSR count). The van der Waals surface area contributed by atoms with Crippen molar-refractivity contribution in [3.05, 3.63) is 0 Å². The maximum absolute atomic E-state index is 9.99. The molecule has 136 valence electrons. The summed E-state index contributed by atoms with van der Waals surface area (Å²) < 4.78 is 10.8. The molecule has 9 nitrogen and oxygen atoms in total. The monoisotopic (exact) mass is 356 g/mol. The largest absolute Gasteiger partial charge is 0.395 e. The van der Waals surface area contributed by atoms with Gasteiger partial charge in [0.1, 0.15) is 36.0 Å². The van der Waals surface area contributed by atoms with Crippen molar-refractivity contribution in [3.63, 3.8) is 0 Å². The average molecular weight is 356 g/mol. The van der Waals surface area contributed by atoms with Crippen LogP contribution < -0.4 is 0 Å². The molecule has 0 aromatic rings. The molecule has 0 radical (unpaired) electrons. The quantitative estimate of drug-likeness (QED) is 0.272. The minimum absolute atomic E-state index is 0.367. The maximum Gasteiger partial charge on any atom is 0.188 e. The second-order valence-corrected chi connectivity index (χ2v) is 7.10. The van der Waals surface area contributed by atoms with Gasteiger partial charge in [-0.1, -0.05) is 6.92 Å². The highest BCUT2D eigenvalue weighted by Gasteiger charge is 2.48. The third-order valence-electron chi connectivity index (χ3n) is 4.19. The lowest BCUT2D eigenvalue weighted by molar-refractivity contribution is -0.307. The van der Waals surface area contributed by atoms with Gasteiger partial charge >= 0.3 is 0 Å². The summed E-state index contributed by atoms with van der Waals surface area (Å²) >= 11 is 0.891. The van der Waals surface area contributed by atoms with E-state index in [-0.39, 0.29) is 0 Å². The van der Waals surface area contributed by atoms with Crippen molar-refractivity contribution in [2.45, 2.75) is 73.0 Å². The molecule has 2 saturated heterocycles. The lowest BCUT2D eigenvalue weighted by Gasteiger charge is -2.44. The van der Waals surface area contributed by atoms with Gasteiger partial charge in [-0.15, -0.1) is 11.8 Å². The van der Waals surface area contributed by atoms with Crippen molar-refractivity contribution in [2.75, 3.05) is 6.61 Å². The topological polar surface area (TPSA) is 160 Å². The molecule has 10 atom stereocenters. The molecular weight excluding hydrogens is 332 g/mol. The summed E-state index contributed by atoms with van der Waals surface area (Å²) in [5.74, 6) is 0. The summed E-state index contributed by atoms with van der Waals surface area (Å²) in [5.41, 5.74) is -1.09. The Kier molecular flexibility index (Phi) is 6.65. The summed E-state index contributed by atoms with van der Waals surface area (Å²) in [4.78, 5) is 0. The van der Waals surface area contributed by atoms with Crippen LogP contribution in [0.15, 0.2) is 0 Å². The smallest absolute Gasteiger partial charge is 0.188 e. The Morgan fingerprint density at radius 1 is 0.870 bits per heavy atom. The molecule has 0 aromatic carbocycles. The predicted molar refractivity (Wildman–Crippen MR) is 78.3 cm³/mol. The van der Waals surface area contributed by atoms with E-state index in [2.05, 4.69) is 0 Å². The summed E-state index contributed by atoms with van der Waals surface area (Å²) in [5, 5.41) is 67.6. The van der Waals surface area contributed by atoms with Crippen molar-refractivity contribution in [1.29, 1.82) is 0 Å². The Bertz CT molecular complexity index is 348. The fourth-order valence-corrected chi connectivity index (χ4v) is 3.93. The van der Waals surface area contributed by atoms with Gasteiger partial charge < -0.3 is 45.2 Å². The van der Waals surface area contributed by atoms with Gasteiger partial charge in [-0.05, 0) is 6.42 Å². The average Bonchev–Trinajstić information content (AvgIpc) is 2.55. The number of hydrogen-bond donors (Lipinski definition) is 7. The van der Waals surface area contributed by atoms with Crippen LogP contribution in [0.4, 0.5) is 0 Å². The highest BCUT2D eigenvalue weighted by Crippen LogP contribution is 2.36. The summed E-state index contributed by atoms with van der Waals surface area (Å²) in [6.07, 6.45) is -10.3. The van der Waals surface area contributed by atoms with Crippen LogP contribution in [0.5, 0.6) is 0 Å². The first-order valence-electron chi connectivity index (χ1n) is 7.47. The normalized spacial score (nSPS) is 51.7. The molecule has 2 aliphatic rings. The van der Waals surface area contributed by atoms with Crippen molar-refractivity contribution in [2.24, 2.45) is 0 Å². The summed E-state index contributed by atoms with van der Waals surface area (Å²) in [6.45, 7) is 1.28. The third-order valence-corrected chi connectivity index (χ3v) is 5.62. The molecule has 0 aliphatic carbocycles. The molecule has 0 aromatic heterocycles. The van der Waals surface area contributed by atoms with Crippen molar-refractivity contribution in [3.8, 4) is 0 Å². The Hall–Kier alpha value is -0.0100. The van der Waals surface area contributed by atoms with E-state index < -0.39 is 66.3 Å². The number of ether oxygens (including phenoxy) is 2. The van der Waals surface area contributed by atoms with Crippen molar-refractivity contribution in [1.82, 2.24) is 0 Å². The fraction of sp³-hybridized carbons (Fsp3) is 1.00. The number of aliphatic hydroxyl groups excluding tert-OH is 7. The van der Waals surface area contributed by atoms with Crippen LogP contribution in [-0.4, -0.2) is 102 Å². The van der Waals surface area contributed by atoms with E-state index >= 15 is 0 Å². The number of aliphatic hydroxyl groups is 7. The Balaban J connectivity index is 2.07. The number of rotatable bonds is 4. The van der Waals surface area contributed by atoms with Gasteiger partial charge in [0.2, 0.25) is 0 Å². The number of thioether (sulfide) groups is 1. The molecule has 2 fully saturated rings. The molecule has 0 bridgehead atoms. The first-order chi connectivity index (χ1) is 10.8. The molecule has 2 heterocycles. The third kappa shape index (κ3) is 3.82. The molecule has 0 spiro atoms. The zero-order chi connectivity index (χ0) is 17.3. The van der Waals surface area contributed by atoms with E-state index in [0.717, 1.165) is 11.8 Å².